The molecule has 1 rings (SSSR count). The zero-order valence-electron chi connectivity index (χ0n) is 12.8. The number of ether oxygens (including phenoxy) is 1. The fraction of sp³-hybridized carbons (Fsp3) is 0.562. The molecule has 3 heteroatoms. The molecule has 2 N–H and O–H groups in total. The molecule has 0 saturated heterocycles. The predicted octanol–water partition coefficient (Wildman–Crippen LogP) is 3.03. The molecule has 0 spiro atoms. The largest absolute Gasteiger partial charge is 0.496 e. The minimum absolute atomic E-state index is 0.0925. The van der Waals surface area contributed by atoms with Crippen LogP contribution in [0.5, 0.6) is 5.75 Å². The zero-order valence-corrected chi connectivity index (χ0v) is 12.8. The minimum atomic E-state index is -0.158. The molecule has 0 fully saturated rings. The van der Waals surface area contributed by atoms with Crippen molar-refractivity contribution in [3.8, 4) is 5.75 Å². The van der Waals surface area contributed by atoms with Crippen molar-refractivity contribution in [2.75, 3.05) is 13.7 Å². The molecule has 0 saturated carbocycles. The summed E-state index contributed by atoms with van der Waals surface area (Å²) in [6, 6.07) is 2.04. The summed E-state index contributed by atoms with van der Waals surface area (Å²) in [6.07, 6.45) is 0. The highest BCUT2D eigenvalue weighted by atomic mass is 16.5. The van der Waals surface area contributed by atoms with E-state index in [0.717, 1.165) is 16.7 Å². The highest BCUT2D eigenvalue weighted by Crippen LogP contribution is 2.32. The Hall–Kier alpha value is -1.35. The Balaban J connectivity index is 3.41. The van der Waals surface area contributed by atoms with Gasteiger partial charge in [0.2, 0.25) is 0 Å². The summed E-state index contributed by atoms with van der Waals surface area (Å²) in [5.74, 6) is 0.856. The maximum Gasteiger partial charge on any atom is 0.171 e. The van der Waals surface area contributed by atoms with Crippen molar-refractivity contribution >= 4 is 5.78 Å². The van der Waals surface area contributed by atoms with Crippen molar-refractivity contribution in [2.45, 2.75) is 34.6 Å². The van der Waals surface area contributed by atoms with Gasteiger partial charge in [-0.25, -0.2) is 0 Å². The minimum Gasteiger partial charge on any atom is -0.496 e. The molecular formula is C16H25NO2. The standard InChI is InChI=1S/C16H25NO2/c1-9(2)13(8-17)15(18)14-11(4)7-10(3)12(5)16(14)19-6/h7,9,13H,8,17H2,1-6H3. The van der Waals surface area contributed by atoms with Crippen LogP contribution in [0.15, 0.2) is 6.07 Å². The normalized spacial score (nSPS) is 12.6. The molecule has 0 amide bonds. The van der Waals surface area contributed by atoms with Crippen LogP contribution in [0.1, 0.15) is 40.9 Å². The molecule has 0 aliphatic carbocycles. The maximum absolute atomic E-state index is 12.7. The second kappa shape index (κ2) is 6.20. The second-order valence-corrected chi connectivity index (χ2v) is 5.49. The summed E-state index contributed by atoms with van der Waals surface area (Å²) < 4.78 is 5.47. The third-order valence-electron chi connectivity index (χ3n) is 3.83. The Morgan fingerprint density at radius 2 is 1.84 bits per heavy atom. The van der Waals surface area contributed by atoms with Gasteiger partial charge >= 0.3 is 0 Å². The number of carbonyl (C=O) groups is 1. The van der Waals surface area contributed by atoms with E-state index in [4.69, 9.17) is 10.5 Å². The molecule has 106 valence electrons. The summed E-state index contributed by atoms with van der Waals surface area (Å²) >= 11 is 0. The molecule has 0 heterocycles. The molecule has 0 aliphatic heterocycles. The molecule has 19 heavy (non-hydrogen) atoms. The van der Waals surface area contributed by atoms with Crippen LogP contribution >= 0.6 is 0 Å². The number of ketones is 1. The molecular weight excluding hydrogens is 238 g/mol. The van der Waals surface area contributed by atoms with E-state index >= 15 is 0 Å². The molecule has 0 aromatic heterocycles. The Kier molecular flexibility index (Phi) is 5.12. The van der Waals surface area contributed by atoms with Crippen LogP contribution in [-0.4, -0.2) is 19.4 Å². The van der Waals surface area contributed by atoms with Crippen molar-refractivity contribution in [1.82, 2.24) is 0 Å². The third-order valence-corrected chi connectivity index (χ3v) is 3.83. The predicted molar refractivity (Wildman–Crippen MR) is 78.9 cm³/mol. The maximum atomic E-state index is 12.7. The number of rotatable bonds is 5. The molecule has 0 aliphatic rings. The van der Waals surface area contributed by atoms with E-state index in [1.807, 2.05) is 40.7 Å². The van der Waals surface area contributed by atoms with Gasteiger partial charge < -0.3 is 10.5 Å². The average Bonchev–Trinajstić information content (AvgIpc) is 2.33. The van der Waals surface area contributed by atoms with E-state index in [9.17, 15) is 4.79 Å². The monoisotopic (exact) mass is 263 g/mol. The van der Waals surface area contributed by atoms with Gasteiger partial charge in [0.1, 0.15) is 5.75 Å². The first-order valence-electron chi connectivity index (χ1n) is 6.74. The number of methoxy groups -OCH3 is 1. The van der Waals surface area contributed by atoms with E-state index in [0.29, 0.717) is 17.9 Å². The molecule has 0 radical (unpaired) electrons. The molecule has 1 aromatic rings. The lowest BCUT2D eigenvalue weighted by atomic mass is 9.84. The fourth-order valence-corrected chi connectivity index (χ4v) is 2.48. The topological polar surface area (TPSA) is 52.3 Å². The quantitative estimate of drug-likeness (QED) is 0.831. The highest BCUT2D eigenvalue weighted by Gasteiger charge is 2.27. The summed E-state index contributed by atoms with van der Waals surface area (Å²) in [7, 11) is 1.62. The van der Waals surface area contributed by atoms with E-state index < -0.39 is 0 Å². The second-order valence-electron chi connectivity index (χ2n) is 5.49. The van der Waals surface area contributed by atoms with Crippen LogP contribution in [0.3, 0.4) is 0 Å². The molecule has 1 atom stereocenters. The van der Waals surface area contributed by atoms with Gasteiger partial charge in [0.05, 0.1) is 12.7 Å². The number of carbonyl (C=O) groups excluding carboxylic acids is 1. The first-order chi connectivity index (χ1) is 8.84. The van der Waals surface area contributed by atoms with Gasteiger partial charge in [0.15, 0.2) is 5.78 Å². The Morgan fingerprint density at radius 1 is 1.26 bits per heavy atom. The van der Waals surface area contributed by atoms with Gasteiger partial charge in [-0.1, -0.05) is 19.9 Å². The highest BCUT2D eigenvalue weighted by molar-refractivity contribution is 6.02. The van der Waals surface area contributed by atoms with Crippen molar-refractivity contribution in [2.24, 2.45) is 17.6 Å². The van der Waals surface area contributed by atoms with Crippen molar-refractivity contribution < 1.29 is 9.53 Å². The first kappa shape index (κ1) is 15.7. The van der Waals surface area contributed by atoms with Gasteiger partial charge in [-0.3, -0.25) is 4.79 Å². The summed E-state index contributed by atoms with van der Waals surface area (Å²) in [5, 5.41) is 0. The van der Waals surface area contributed by atoms with Gasteiger partial charge in [-0.05, 0) is 43.4 Å². The van der Waals surface area contributed by atoms with Crippen molar-refractivity contribution in [1.29, 1.82) is 0 Å². The number of hydrogen-bond acceptors (Lipinski definition) is 3. The molecule has 1 aromatic carbocycles. The van der Waals surface area contributed by atoms with Crippen molar-refractivity contribution in [3.63, 3.8) is 0 Å². The number of nitrogens with two attached hydrogens (primary N) is 1. The molecule has 3 nitrogen and oxygen atoms in total. The summed E-state index contributed by atoms with van der Waals surface area (Å²) in [4.78, 5) is 12.7. The van der Waals surface area contributed by atoms with Crippen LogP contribution in [0.25, 0.3) is 0 Å². The lowest BCUT2D eigenvalue weighted by Crippen LogP contribution is -2.29. The third kappa shape index (κ3) is 2.98. The van der Waals surface area contributed by atoms with Gasteiger partial charge in [-0.15, -0.1) is 0 Å². The van der Waals surface area contributed by atoms with E-state index in [-0.39, 0.29) is 17.6 Å². The van der Waals surface area contributed by atoms with Crippen LogP contribution in [0.2, 0.25) is 0 Å². The number of hydrogen-bond donors (Lipinski definition) is 1. The van der Waals surface area contributed by atoms with Crippen LogP contribution in [0, 0.1) is 32.6 Å². The first-order valence-corrected chi connectivity index (χ1v) is 6.74. The zero-order chi connectivity index (χ0) is 14.7. The molecule has 0 bridgehead atoms. The lowest BCUT2D eigenvalue weighted by molar-refractivity contribution is 0.0888. The van der Waals surface area contributed by atoms with Crippen LogP contribution in [-0.2, 0) is 0 Å². The van der Waals surface area contributed by atoms with Gasteiger partial charge in [-0.2, -0.15) is 0 Å². The summed E-state index contributed by atoms with van der Waals surface area (Å²) in [6.45, 7) is 10.4. The van der Waals surface area contributed by atoms with Crippen molar-refractivity contribution in [3.05, 3.63) is 28.3 Å². The molecule has 1 unspecified atom stereocenters. The number of aryl methyl sites for hydroxylation is 2. The number of benzene rings is 1. The Bertz CT molecular complexity index is 478. The van der Waals surface area contributed by atoms with E-state index in [1.165, 1.54) is 0 Å². The van der Waals surface area contributed by atoms with E-state index in [1.54, 1.807) is 7.11 Å². The van der Waals surface area contributed by atoms with Gasteiger partial charge in [0.25, 0.3) is 0 Å². The van der Waals surface area contributed by atoms with Crippen LogP contribution < -0.4 is 10.5 Å². The SMILES string of the molecule is COc1c(C)c(C)cc(C)c1C(=O)C(CN)C(C)C. The average molecular weight is 263 g/mol. The number of Topliss-reactive ketones (excluding diaryl/α,β-unsaturated/α-hetero) is 1. The van der Waals surface area contributed by atoms with Crippen LogP contribution in [0.4, 0.5) is 0 Å². The fourth-order valence-electron chi connectivity index (χ4n) is 2.48. The van der Waals surface area contributed by atoms with Gasteiger partial charge in [0, 0.05) is 12.5 Å². The summed E-state index contributed by atoms with van der Waals surface area (Å²) in [5.41, 5.74) is 9.57. The smallest absolute Gasteiger partial charge is 0.171 e. The Labute approximate surface area is 116 Å². The Morgan fingerprint density at radius 3 is 2.26 bits per heavy atom. The lowest BCUT2D eigenvalue weighted by Gasteiger charge is -2.22. The van der Waals surface area contributed by atoms with E-state index in [2.05, 4.69) is 0 Å².